The van der Waals surface area contributed by atoms with Crippen molar-refractivity contribution in [2.45, 2.75) is 20.0 Å². The normalized spacial score (nSPS) is 10.2. The largest absolute Gasteiger partial charge is 0.493 e. The molecule has 0 aliphatic rings. The topological polar surface area (TPSA) is 74.4 Å². The molecular formula is C14H16N2O3S. The van der Waals surface area contributed by atoms with Gasteiger partial charge in [-0.3, -0.25) is 4.79 Å². The molecule has 1 heterocycles. The summed E-state index contributed by atoms with van der Waals surface area (Å²) in [4.78, 5) is 15.7. The lowest BCUT2D eigenvalue weighted by atomic mass is 10.3. The van der Waals surface area contributed by atoms with E-state index >= 15 is 0 Å². The summed E-state index contributed by atoms with van der Waals surface area (Å²) in [6.07, 6.45) is 0.202. The number of ether oxygens (including phenoxy) is 2. The van der Waals surface area contributed by atoms with Gasteiger partial charge in [0.15, 0.2) is 0 Å². The second-order valence-electron chi connectivity index (χ2n) is 4.19. The molecule has 2 aromatic rings. The summed E-state index contributed by atoms with van der Waals surface area (Å²) in [5, 5.41) is 2.84. The molecule has 0 atom stereocenters. The van der Waals surface area contributed by atoms with Crippen LogP contribution in [0.1, 0.15) is 17.1 Å². The third kappa shape index (κ3) is 4.55. The van der Waals surface area contributed by atoms with Gasteiger partial charge in [-0.15, -0.1) is 11.3 Å². The van der Waals surface area contributed by atoms with Crippen LogP contribution in [-0.2, 0) is 16.1 Å². The highest BCUT2D eigenvalue weighted by Gasteiger charge is 2.06. The van der Waals surface area contributed by atoms with Crippen molar-refractivity contribution < 1.29 is 14.3 Å². The standard InChI is InChI=1S/C14H16N2O3S/c1-10-16-12(9-20-10)8-19-14(17)6-7-18-13-4-2-11(15)3-5-13/h2-5,9H,6-8,15H2,1H3. The Labute approximate surface area is 121 Å². The fraction of sp³-hybridized carbons (Fsp3) is 0.286. The van der Waals surface area contributed by atoms with Gasteiger partial charge in [-0.05, 0) is 31.2 Å². The fourth-order valence-electron chi connectivity index (χ4n) is 1.52. The molecular weight excluding hydrogens is 276 g/mol. The summed E-state index contributed by atoms with van der Waals surface area (Å²) in [7, 11) is 0. The lowest BCUT2D eigenvalue weighted by Gasteiger charge is -2.06. The molecule has 1 aromatic heterocycles. The van der Waals surface area contributed by atoms with Crippen LogP contribution in [0.15, 0.2) is 29.6 Å². The molecule has 106 valence electrons. The maximum absolute atomic E-state index is 11.5. The highest BCUT2D eigenvalue weighted by Crippen LogP contribution is 2.13. The number of hydrogen-bond acceptors (Lipinski definition) is 6. The minimum atomic E-state index is -0.300. The van der Waals surface area contributed by atoms with Crippen LogP contribution >= 0.6 is 11.3 Å². The van der Waals surface area contributed by atoms with Crippen LogP contribution in [0.5, 0.6) is 5.75 Å². The molecule has 20 heavy (non-hydrogen) atoms. The summed E-state index contributed by atoms with van der Waals surface area (Å²) in [5.74, 6) is 0.383. The number of thiazole rings is 1. The number of carbonyl (C=O) groups is 1. The predicted molar refractivity (Wildman–Crippen MR) is 77.6 cm³/mol. The average Bonchev–Trinajstić information content (AvgIpc) is 2.85. The fourth-order valence-corrected chi connectivity index (χ4v) is 2.11. The van der Waals surface area contributed by atoms with Crippen LogP contribution in [0.25, 0.3) is 0 Å². The van der Waals surface area contributed by atoms with E-state index in [-0.39, 0.29) is 25.6 Å². The Morgan fingerprint density at radius 1 is 1.35 bits per heavy atom. The zero-order valence-corrected chi connectivity index (χ0v) is 12.0. The number of nitrogen functional groups attached to an aromatic ring is 1. The maximum Gasteiger partial charge on any atom is 0.309 e. The molecule has 2 N–H and O–H groups in total. The van der Waals surface area contributed by atoms with Gasteiger partial charge in [0.05, 0.1) is 23.7 Å². The molecule has 0 saturated carbocycles. The molecule has 0 aliphatic heterocycles. The van der Waals surface area contributed by atoms with Crippen molar-refractivity contribution in [3.8, 4) is 5.75 Å². The van der Waals surface area contributed by atoms with Crippen molar-refractivity contribution in [1.82, 2.24) is 4.98 Å². The van der Waals surface area contributed by atoms with E-state index in [1.54, 1.807) is 24.3 Å². The number of carbonyl (C=O) groups excluding carboxylic acids is 1. The van der Waals surface area contributed by atoms with Gasteiger partial charge in [-0.1, -0.05) is 0 Å². The molecule has 6 heteroatoms. The van der Waals surface area contributed by atoms with E-state index in [1.807, 2.05) is 12.3 Å². The maximum atomic E-state index is 11.5. The van der Waals surface area contributed by atoms with E-state index in [2.05, 4.69) is 4.98 Å². The Morgan fingerprint density at radius 2 is 2.10 bits per heavy atom. The summed E-state index contributed by atoms with van der Waals surface area (Å²) >= 11 is 1.54. The number of esters is 1. The van der Waals surface area contributed by atoms with E-state index in [0.717, 1.165) is 10.7 Å². The third-order valence-corrected chi connectivity index (χ3v) is 3.32. The molecule has 0 amide bonds. The molecule has 5 nitrogen and oxygen atoms in total. The lowest BCUT2D eigenvalue weighted by Crippen LogP contribution is -2.10. The van der Waals surface area contributed by atoms with Crippen molar-refractivity contribution in [1.29, 1.82) is 0 Å². The van der Waals surface area contributed by atoms with Crippen molar-refractivity contribution in [2.75, 3.05) is 12.3 Å². The average molecular weight is 292 g/mol. The van der Waals surface area contributed by atoms with Crippen LogP contribution in [0, 0.1) is 6.92 Å². The van der Waals surface area contributed by atoms with Crippen molar-refractivity contribution in [3.05, 3.63) is 40.3 Å². The molecule has 0 fully saturated rings. The summed E-state index contributed by atoms with van der Waals surface area (Å²) < 4.78 is 10.5. The molecule has 0 aliphatic carbocycles. The van der Waals surface area contributed by atoms with Gasteiger partial charge in [0.2, 0.25) is 0 Å². The quantitative estimate of drug-likeness (QED) is 0.654. The van der Waals surface area contributed by atoms with E-state index in [1.165, 1.54) is 11.3 Å². The first kappa shape index (κ1) is 14.3. The monoisotopic (exact) mass is 292 g/mol. The summed E-state index contributed by atoms with van der Waals surface area (Å²) in [6.45, 7) is 2.40. The highest BCUT2D eigenvalue weighted by molar-refractivity contribution is 7.09. The second kappa shape index (κ2) is 6.91. The van der Waals surface area contributed by atoms with Crippen molar-refractivity contribution >= 4 is 23.0 Å². The number of aryl methyl sites for hydroxylation is 1. The van der Waals surface area contributed by atoms with Crippen LogP contribution < -0.4 is 10.5 Å². The zero-order chi connectivity index (χ0) is 14.4. The number of aromatic nitrogens is 1. The molecule has 0 unspecified atom stereocenters. The number of anilines is 1. The number of benzene rings is 1. The van der Waals surface area contributed by atoms with Gasteiger partial charge in [0.1, 0.15) is 12.4 Å². The zero-order valence-electron chi connectivity index (χ0n) is 11.2. The number of nitrogens with zero attached hydrogens (tertiary/aromatic N) is 1. The first-order chi connectivity index (χ1) is 9.63. The minimum absolute atomic E-state index is 0.202. The predicted octanol–water partition coefficient (Wildman–Crippen LogP) is 2.55. The molecule has 0 saturated heterocycles. The molecule has 0 radical (unpaired) electrons. The Morgan fingerprint density at radius 3 is 2.75 bits per heavy atom. The first-order valence-electron chi connectivity index (χ1n) is 6.18. The molecule has 2 rings (SSSR count). The number of nitrogens with two attached hydrogens (primary N) is 1. The van der Waals surface area contributed by atoms with Gasteiger partial charge in [0.25, 0.3) is 0 Å². The first-order valence-corrected chi connectivity index (χ1v) is 7.06. The Kier molecular flexibility index (Phi) is 4.95. The van der Waals surface area contributed by atoms with Gasteiger partial charge < -0.3 is 15.2 Å². The summed E-state index contributed by atoms with van der Waals surface area (Å²) in [5.41, 5.74) is 7.02. The van der Waals surface area contributed by atoms with E-state index in [4.69, 9.17) is 15.2 Å². The molecule has 0 spiro atoms. The smallest absolute Gasteiger partial charge is 0.309 e. The van der Waals surface area contributed by atoms with Crippen LogP contribution in [0.2, 0.25) is 0 Å². The van der Waals surface area contributed by atoms with Gasteiger partial charge in [-0.2, -0.15) is 0 Å². The van der Waals surface area contributed by atoms with Crippen LogP contribution in [-0.4, -0.2) is 17.6 Å². The van der Waals surface area contributed by atoms with E-state index in [0.29, 0.717) is 11.4 Å². The van der Waals surface area contributed by atoms with E-state index in [9.17, 15) is 4.79 Å². The molecule has 1 aromatic carbocycles. The summed E-state index contributed by atoms with van der Waals surface area (Å²) in [6, 6.07) is 7.02. The Balaban J connectivity index is 1.66. The van der Waals surface area contributed by atoms with Crippen LogP contribution in [0.4, 0.5) is 5.69 Å². The second-order valence-corrected chi connectivity index (χ2v) is 5.25. The minimum Gasteiger partial charge on any atom is -0.493 e. The van der Waals surface area contributed by atoms with Crippen molar-refractivity contribution in [3.63, 3.8) is 0 Å². The Hall–Kier alpha value is -2.08. The van der Waals surface area contributed by atoms with Crippen molar-refractivity contribution in [2.24, 2.45) is 0 Å². The van der Waals surface area contributed by atoms with Gasteiger partial charge >= 0.3 is 5.97 Å². The SMILES string of the molecule is Cc1nc(COC(=O)CCOc2ccc(N)cc2)cs1. The third-order valence-electron chi connectivity index (χ3n) is 2.50. The van der Waals surface area contributed by atoms with Gasteiger partial charge in [0, 0.05) is 11.1 Å². The van der Waals surface area contributed by atoms with Gasteiger partial charge in [-0.25, -0.2) is 4.98 Å². The number of rotatable bonds is 6. The highest BCUT2D eigenvalue weighted by atomic mass is 32.1. The Bertz CT molecular complexity index is 566. The van der Waals surface area contributed by atoms with E-state index < -0.39 is 0 Å². The lowest BCUT2D eigenvalue weighted by molar-refractivity contribution is -0.145. The molecule has 0 bridgehead atoms. The number of hydrogen-bond donors (Lipinski definition) is 1. The van der Waals surface area contributed by atoms with Crippen LogP contribution in [0.3, 0.4) is 0 Å².